The lowest BCUT2D eigenvalue weighted by molar-refractivity contribution is -0.140. The number of esters is 1. The van der Waals surface area contributed by atoms with Crippen molar-refractivity contribution in [2.75, 3.05) is 6.61 Å². The minimum Gasteiger partial charge on any atom is -0.489 e. The number of hydrogen-bond donors (Lipinski definition) is 0. The quantitative estimate of drug-likeness (QED) is 0.265. The van der Waals surface area contributed by atoms with Crippen molar-refractivity contribution >= 4 is 37.5 Å². The molecule has 0 amide bonds. The van der Waals surface area contributed by atoms with E-state index < -0.39 is 27.3 Å². The monoisotopic (exact) mass is 474 g/mol. The molecule has 6 nitrogen and oxygen atoms in total. The van der Waals surface area contributed by atoms with Crippen LogP contribution in [0.25, 0.3) is 10.1 Å². The van der Waals surface area contributed by atoms with E-state index in [1.807, 2.05) is 0 Å². The van der Waals surface area contributed by atoms with Crippen LogP contribution in [0.2, 0.25) is 0 Å². The molecule has 1 heterocycles. The highest BCUT2D eigenvalue weighted by Gasteiger charge is 2.48. The maximum Gasteiger partial charge on any atom is 0.534 e. The fourth-order valence-electron chi connectivity index (χ4n) is 2.74. The van der Waals surface area contributed by atoms with Gasteiger partial charge in [0.1, 0.15) is 12.4 Å². The Kier molecular flexibility index (Phi) is 6.75. The second-order valence-corrected chi connectivity index (χ2v) is 8.86. The Bertz CT molecular complexity index is 1190. The molecule has 0 aliphatic rings. The van der Waals surface area contributed by atoms with Gasteiger partial charge >= 0.3 is 21.6 Å². The van der Waals surface area contributed by atoms with Crippen molar-refractivity contribution in [3.63, 3.8) is 0 Å². The van der Waals surface area contributed by atoms with Gasteiger partial charge in [-0.25, -0.2) is 0 Å². The summed E-state index contributed by atoms with van der Waals surface area (Å²) in [7, 11) is -5.80. The summed E-state index contributed by atoms with van der Waals surface area (Å²) >= 11 is 1.06. The van der Waals surface area contributed by atoms with Gasteiger partial charge in [-0.15, -0.1) is 11.3 Å². The number of rotatable bonds is 8. The highest BCUT2D eigenvalue weighted by atomic mass is 32.2. The van der Waals surface area contributed by atoms with Crippen LogP contribution in [0.15, 0.2) is 47.8 Å². The van der Waals surface area contributed by atoms with Crippen molar-refractivity contribution in [2.24, 2.45) is 0 Å². The number of alkyl halides is 3. The third kappa shape index (κ3) is 5.67. The maximum atomic E-state index is 12.7. The van der Waals surface area contributed by atoms with Crippen LogP contribution in [0.4, 0.5) is 13.2 Å². The maximum absolute atomic E-state index is 12.7. The molecule has 31 heavy (non-hydrogen) atoms. The third-order valence-electron chi connectivity index (χ3n) is 4.10. The van der Waals surface area contributed by atoms with Gasteiger partial charge in [-0.1, -0.05) is 18.2 Å². The molecule has 0 saturated heterocycles. The average Bonchev–Trinajstić information content (AvgIpc) is 3.15. The average molecular weight is 474 g/mol. The van der Waals surface area contributed by atoms with E-state index in [-0.39, 0.29) is 17.9 Å². The number of halogens is 3. The molecule has 11 heteroatoms. The summed E-state index contributed by atoms with van der Waals surface area (Å²) in [5.74, 6) is -0.305. The first-order chi connectivity index (χ1) is 14.6. The number of carbonyl (C=O) groups is 1. The predicted octanol–water partition coefficient (Wildman–Crippen LogP) is 4.81. The molecular weight excluding hydrogens is 457 g/mol. The van der Waals surface area contributed by atoms with Crippen LogP contribution in [0, 0.1) is 0 Å². The van der Waals surface area contributed by atoms with E-state index in [0.29, 0.717) is 23.1 Å². The van der Waals surface area contributed by atoms with Crippen molar-refractivity contribution in [2.45, 2.75) is 25.5 Å². The molecule has 0 saturated carbocycles. The zero-order valence-electron chi connectivity index (χ0n) is 16.1. The second-order valence-electron chi connectivity index (χ2n) is 6.40. The molecule has 0 aliphatic heterocycles. The zero-order chi connectivity index (χ0) is 22.6. The van der Waals surface area contributed by atoms with Gasteiger partial charge in [-0.2, -0.15) is 21.6 Å². The van der Waals surface area contributed by atoms with Crippen molar-refractivity contribution in [3.8, 4) is 11.5 Å². The number of hydrogen-bond acceptors (Lipinski definition) is 7. The minimum atomic E-state index is -5.80. The number of fused-ring (bicyclic) bond motifs is 1. The van der Waals surface area contributed by atoms with E-state index in [1.165, 1.54) is 13.0 Å². The Morgan fingerprint density at radius 1 is 1.10 bits per heavy atom. The van der Waals surface area contributed by atoms with Crippen LogP contribution in [-0.4, -0.2) is 26.5 Å². The van der Waals surface area contributed by atoms with Crippen molar-refractivity contribution in [1.29, 1.82) is 0 Å². The van der Waals surface area contributed by atoms with Crippen LogP contribution in [0.1, 0.15) is 18.1 Å². The Morgan fingerprint density at radius 2 is 1.84 bits per heavy atom. The summed E-state index contributed by atoms with van der Waals surface area (Å²) in [5.41, 5.74) is -4.34. The molecular formula is C20H17F3O6S2. The molecule has 3 rings (SSSR count). The fraction of sp³-hybridized carbons (Fsp3) is 0.250. The van der Waals surface area contributed by atoms with Crippen LogP contribution in [-0.2, 0) is 32.7 Å². The molecule has 3 aromatic rings. The van der Waals surface area contributed by atoms with Gasteiger partial charge in [0.15, 0.2) is 5.75 Å². The van der Waals surface area contributed by atoms with Gasteiger partial charge in [-0.3, -0.25) is 4.79 Å². The topological polar surface area (TPSA) is 78.9 Å². The first kappa shape index (κ1) is 22.9. The minimum absolute atomic E-state index is 0.0429. The normalized spacial score (nSPS) is 12.0. The van der Waals surface area contributed by atoms with Crippen LogP contribution >= 0.6 is 11.3 Å². The van der Waals surface area contributed by atoms with Gasteiger partial charge in [-0.05, 0) is 46.2 Å². The fourth-order valence-corrected chi connectivity index (χ4v) is 4.08. The van der Waals surface area contributed by atoms with E-state index in [2.05, 4.69) is 4.18 Å². The van der Waals surface area contributed by atoms with Gasteiger partial charge < -0.3 is 13.7 Å². The van der Waals surface area contributed by atoms with Crippen molar-refractivity contribution < 1.29 is 40.0 Å². The van der Waals surface area contributed by atoms with Crippen LogP contribution < -0.4 is 8.92 Å². The summed E-state index contributed by atoms with van der Waals surface area (Å²) in [4.78, 5) is 10.9. The number of ether oxygens (including phenoxy) is 2. The highest BCUT2D eigenvalue weighted by molar-refractivity contribution is 7.88. The summed E-state index contributed by atoms with van der Waals surface area (Å²) < 4.78 is 76.5. The Morgan fingerprint density at radius 3 is 2.55 bits per heavy atom. The van der Waals surface area contributed by atoms with E-state index in [0.717, 1.165) is 16.9 Å². The lowest BCUT2D eigenvalue weighted by Gasteiger charge is -2.14. The van der Waals surface area contributed by atoms with E-state index >= 15 is 0 Å². The number of benzene rings is 2. The number of carbonyl (C=O) groups excluding carboxylic acids is 1. The van der Waals surface area contributed by atoms with E-state index in [9.17, 15) is 26.4 Å². The molecule has 0 fully saturated rings. The molecule has 0 spiro atoms. The lowest BCUT2D eigenvalue weighted by Crippen LogP contribution is -2.28. The Hall–Kier alpha value is -2.79. The Labute approximate surface area is 180 Å². The molecule has 0 atom stereocenters. The highest BCUT2D eigenvalue weighted by Crippen LogP contribution is 2.36. The van der Waals surface area contributed by atoms with Crippen molar-refractivity contribution in [1.82, 2.24) is 0 Å². The molecule has 166 valence electrons. The van der Waals surface area contributed by atoms with Gasteiger partial charge in [0.25, 0.3) is 0 Å². The standard InChI is InChI=1S/C20H17F3O6S2/c1-13(24)27-8-6-15-4-2-3-5-17(15)28-12-14-10-16-7-9-30-19(16)18(11-14)29-31(25,26)20(21,22)23/h2-5,7,9-11H,6,8,12H2,1H3. The summed E-state index contributed by atoms with van der Waals surface area (Å²) in [6, 6.07) is 11.6. The third-order valence-corrected chi connectivity index (χ3v) is 6.01. The smallest absolute Gasteiger partial charge is 0.489 e. The molecule has 0 unspecified atom stereocenters. The summed E-state index contributed by atoms with van der Waals surface area (Å²) in [5, 5.41) is 2.15. The van der Waals surface area contributed by atoms with Crippen LogP contribution in [0.3, 0.4) is 0 Å². The molecule has 0 radical (unpaired) electrons. The SMILES string of the molecule is CC(=O)OCCc1ccccc1OCc1cc(OS(=O)(=O)C(F)(F)F)c2sccc2c1. The van der Waals surface area contributed by atoms with Gasteiger partial charge in [0, 0.05) is 13.3 Å². The van der Waals surface area contributed by atoms with Gasteiger partial charge in [0.2, 0.25) is 0 Å². The Balaban J connectivity index is 1.81. The molecule has 2 aromatic carbocycles. The zero-order valence-corrected chi connectivity index (χ0v) is 17.8. The predicted molar refractivity (Wildman–Crippen MR) is 109 cm³/mol. The van der Waals surface area contributed by atoms with Crippen molar-refractivity contribution in [3.05, 3.63) is 59.0 Å². The largest absolute Gasteiger partial charge is 0.534 e. The van der Waals surface area contributed by atoms with Crippen LogP contribution in [0.5, 0.6) is 11.5 Å². The molecule has 0 aliphatic carbocycles. The molecule has 0 N–H and O–H groups in total. The first-order valence-corrected chi connectivity index (χ1v) is 11.2. The van der Waals surface area contributed by atoms with E-state index in [4.69, 9.17) is 9.47 Å². The number of thiophene rings is 1. The molecule has 1 aromatic heterocycles. The van der Waals surface area contributed by atoms with Gasteiger partial charge in [0.05, 0.1) is 11.3 Å². The second kappa shape index (κ2) is 9.15. The first-order valence-electron chi connectivity index (χ1n) is 8.92. The molecule has 0 bridgehead atoms. The summed E-state index contributed by atoms with van der Waals surface area (Å²) in [6.07, 6.45) is 0.414. The lowest BCUT2D eigenvalue weighted by atomic mass is 10.1. The number of para-hydroxylation sites is 1. The summed E-state index contributed by atoms with van der Waals surface area (Å²) in [6.45, 7) is 1.43. The van der Waals surface area contributed by atoms with E-state index in [1.54, 1.807) is 41.8 Å².